The van der Waals surface area contributed by atoms with Crippen molar-refractivity contribution >= 4 is 10.9 Å². The molecule has 35 heavy (non-hydrogen) atoms. The van der Waals surface area contributed by atoms with Crippen molar-refractivity contribution in [1.82, 2.24) is 14.7 Å². The summed E-state index contributed by atoms with van der Waals surface area (Å²) in [4.78, 5) is 17.5. The average Bonchev–Trinajstić information content (AvgIpc) is 3.30. The predicted molar refractivity (Wildman–Crippen MR) is 121 cm³/mol. The summed E-state index contributed by atoms with van der Waals surface area (Å²) in [6, 6.07) is 18.6. The summed E-state index contributed by atoms with van der Waals surface area (Å²) in [7, 11) is 0. The van der Waals surface area contributed by atoms with Gasteiger partial charge >= 0.3 is 6.18 Å². The number of alkyl halides is 3. The molecule has 0 fully saturated rings. The Morgan fingerprint density at radius 3 is 2.43 bits per heavy atom. The molecule has 0 atom stereocenters. The van der Waals surface area contributed by atoms with E-state index in [1.807, 2.05) is 30.3 Å². The molecule has 2 heterocycles. The van der Waals surface area contributed by atoms with Crippen LogP contribution >= 0.6 is 0 Å². The summed E-state index contributed by atoms with van der Waals surface area (Å²) in [5, 5.41) is 4.30. The Bertz CT molecular complexity index is 1570. The Balaban J connectivity index is 1.55. The van der Waals surface area contributed by atoms with Crippen molar-refractivity contribution < 1.29 is 22.1 Å². The first kappa shape index (κ1) is 22.5. The standard InChI is InChI=1S/C26H17F4N3O2/c27-21-13-18(26(28,29)30)11-10-17(21)14-33-15-20(24(34)19-8-4-5-9-22(19)33)25-31-23(35-32-25)12-16-6-2-1-3-7-16/h1-11,13,15H,12,14H2. The van der Waals surface area contributed by atoms with Gasteiger partial charge in [0.15, 0.2) is 0 Å². The molecule has 0 saturated heterocycles. The van der Waals surface area contributed by atoms with Crippen LogP contribution in [0.4, 0.5) is 17.6 Å². The summed E-state index contributed by atoms with van der Waals surface area (Å²) in [6.07, 6.45) is -2.79. The number of halogens is 4. The van der Waals surface area contributed by atoms with Crippen LogP contribution in [0.1, 0.15) is 22.6 Å². The quantitative estimate of drug-likeness (QED) is 0.297. The zero-order chi connectivity index (χ0) is 24.6. The fourth-order valence-corrected chi connectivity index (χ4v) is 3.88. The summed E-state index contributed by atoms with van der Waals surface area (Å²) < 4.78 is 60.3. The third-order valence-electron chi connectivity index (χ3n) is 5.62. The van der Waals surface area contributed by atoms with Crippen LogP contribution in [-0.2, 0) is 19.1 Å². The molecule has 0 aliphatic heterocycles. The minimum Gasteiger partial charge on any atom is -0.342 e. The summed E-state index contributed by atoms with van der Waals surface area (Å²) in [5.74, 6) is -0.596. The molecule has 0 amide bonds. The molecule has 5 rings (SSSR count). The Kier molecular flexibility index (Phi) is 5.68. The van der Waals surface area contributed by atoms with E-state index in [0.29, 0.717) is 29.3 Å². The average molecular weight is 479 g/mol. The highest BCUT2D eigenvalue weighted by Crippen LogP contribution is 2.30. The Morgan fingerprint density at radius 2 is 1.69 bits per heavy atom. The van der Waals surface area contributed by atoms with Crippen LogP contribution in [-0.4, -0.2) is 14.7 Å². The van der Waals surface area contributed by atoms with Gasteiger partial charge < -0.3 is 9.09 Å². The monoisotopic (exact) mass is 479 g/mol. The molecule has 176 valence electrons. The molecule has 0 N–H and O–H groups in total. The number of hydrogen-bond acceptors (Lipinski definition) is 4. The first-order chi connectivity index (χ1) is 16.8. The molecule has 0 aliphatic carbocycles. The molecule has 2 aromatic heterocycles. The molecule has 0 unspecified atom stereocenters. The molecular formula is C26H17F4N3O2. The number of nitrogens with zero attached hydrogens (tertiary/aromatic N) is 3. The van der Waals surface area contributed by atoms with Crippen molar-refractivity contribution in [3.8, 4) is 11.4 Å². The second-order valence-corrected chi connectivity index (χ2v) is 7.99. The van der Waals surface area contributed by atoms with Crippen molar-refractivity contribution in [3.05, 3.63) is 118 Å². The van der Waals surface area contributed by atoms with E-state index in [1.54, 1.807) is 28.8 Å². The van der Waals surface area contributed by atoms with E-state index in [0.717, 1.165) is 17.7 Å². The highest BCUT2D eigenvalue weighted by molar-refractivity contribution is 5.83. The molecular weight excluding hydrogens is 462 g/mol. The maximum absolute atomic E-state index is 14.6. The molecule has 0 radical (unpaired) electrons. The third kappa shape index (κ3) is 4.57. The summed E-state index contributed by atoms with van der Waals surface area (Å²) in [6.45, 7) is -0.105. The molecule has 0 aliphatic rings. The zero-order valence-corrected chi connectivity index (χ0v) is 18.1. The van der Waals surface area contributed by atoms with Gasteiger partial charge in [-0.05, 0) is 29.8 Å². The van der Waals surface area contributed by atoms with E-state index in [4.69, 9.17) is 4.52 Å². The van der Waals surface area contributed by atoms with Gasteiger partial charge in [-0.3, -0.25) is 4.79 Å². The van der Waals surface area contributed by atoms with Crippen LogP contribution in [0, 0.1) is 5.82 Å². The van der Waals surface area contributed by atoms with Crippen LogP contribution < -0.4 is 5.43 Å². The van der Waals surface area contributed by atoms with Crippen LogP contribution in [0.25, 0.3) is 22.3 Å². The topological polar surface area (TPSA) is 60.9 Å². The number of pyridine rings is 1. The van der Waals surface area contributed by atoms with Gasteiger partial charge in [0.25, 0.3) is 0 Å². The minimum absolute atomic E-state index is 0.0376. The van der Waals surface area contributed by atoms with Gasteiger partial charge in [0.2, 0.25) is 17.1 Å². The van der Waals surface area contributed by atoms with Crippen molar-refractivity contribution in [2.45, 2.75) is 19.1 Å². The number of hydrogen-bond donors (Lipinski definition) is 0. The highest BCUT2D eigenvalue weighted by Gasteiger charge is 2.31. The maximum Gasteiger partial charge on any atom is 0.416 e. The lowest BCUT2D eigenvalue weighted by Gasteiger charge is -2.14. The first-order valence-electron chi connectivity index (χ1n) is 10.6. The third-order valence-corrected chi connectivity index (χ3v) is 5.62. The molecule has 9 heteroatoms. The first-order valence-corrected chi connectivity index (χ1v) is 10.6. The molecule has 0 saturated carbocycles. The number of aromatic nitrogens is 3. The Hall–Kier alpha value is -4.27. The van der Waals surface area contributed by atoms with Crippen LogP contribution in [0.2, 0.25) is 0 Å². The second-order valence-electron chi connectivity index (χ2n) is 7.99. The molecule has 5 nitrogen and oxygen atoms in total. The van der Waals surface area contributed by atoms with Crippen LogP contribution in [0.3, 0.4) is 0 Å². The lowest BCUT2D eigenvalue weighted by atomic mass is 10.1. The molecule has 5 aromatic rings. The molecule has 3 aromatic carbocycles. The van der Waals surface area contributed by atoms with Gasteiger partial charge in [0.1, 0.15) is 5.82 Å². The number of para-hydroxylation sites is 1. The Morgan fingerprint density at radius 1 is 0.943 bits per heavy atom. The number of fused-ring (bicyclic) bond motifs is 1. The van der Waals surface area contributed by atoms with Gasteiger partial charge in [-0.1, -0.05) is 53.7 Å². The van der Waals surface area contributed by atoms with Crippen LogP contribution in [0.15, 0.2) is 88.3 Å². The minimum atomic E-state index is -4.65. The van der Waals surface area contributed by atoms with Crippen molar-refractivity contribution in [3.63, 3.8) is 0 Å². The number of benzene rings is 3. The van der Waals surface area contributed by atoms with Gasteiger partial charge in [-0.15, -0.1) is 0 Å². The Labute approximate surface area is 196 Å². The van der Waals surface area contributed by atoms with Gasteiger partial charge in [-0.2, -0.15) is 18.2 Å². The van der Waals surface area contributed by atoms with Gasteiger partial charge in [0.05, 0.1) is 29.6 Å². The van der Waals surface area contributed by atoms with Crippen molar-refractivity contribution in [2.24, 2.45) is 0 Å². The highest BCUT2D eigenvalue weighted by atomic mass is 19.4. The van der Waals surface area contributed by atoms with Crippen molar-refractivity contribution in [2.75, 3.05) is 0 Å². The van der Waals surface area contributed by atoms with E-state index in [2.05, 4.69) is 10.1 Å². The molecule has 0 spiro atoms. The smallest absolute Gasteiger partial charge is 0.342 e. The van der Waals surface area contributed by atoms with E-state index < -0.39 is 17.6 Å². The van der Waals surface area contributed by atoms with E-state index in [1.165, 1.54) is 6.20 Å². The van der Waals surface area contributed by atoms with Crippen molar-refractivity contribution in [1.29, 1.82) is 0 Å². The largest absolute Gasteiger partial charge is 0.416 e. The van der Waals surface area contributed by atoms with E-state index in [-0.39, 0.29) is 28.9 Å². The van der Waals surface area contributed by atoms with E-state index in [9.17, 15) is 22.4 Å². The zero-order valence-electron chi connectivity index (χ0n) is 18.1. The predicted octanol–water partition coefficient (Wildman–Crippen LogP) is 5.85. The lowest BCUT2D eigenvalue weighted by molar-refractivity contribution is -0.137. The van der Waals surface area contributed by atoms with Gasteiger partial charge in [0, 0.05) is 17.1 Å². The maximum atomic E-state index is 14.6. The summed E-state index contributed by atoms with van der Waals surface area (Å²) >= 11 is 0. The molecule has 0 bridgehead atoms. The lowest BCUT2D eigenvalue weighted by Crippen LogP contribution is -2.14. The summed E-state index contributed by atoms with van der Waals surface area (Å²) in [5.41, 5.74) is 0.221. The normalized spacial score (nSPS) is 11.8. The fourth-order valence-electron chi connectivity index (χ4n) is 3.88. The SMILES string of the molecule is O=c1c(-c2noc(Cc3ccccc3)n2)cn(Cc2ccc(C(F)(F)F)cc2F)c2ccccc12. The van der Waals surface area contributed by atoms with E-state index >= 15 is 0 Å². The fraction of sp³-hybridized carbons (Fsp3) is 0.115. The van der Waals surface area contributed by atoms with Crippen LogP contribution in [0.5, 0.6) is 0 Å². The second kappa shape index (κ2) is 8.83. The number of rotatable bonds is 5. The van der Waals surface area contributed by atoms with Gasteiger partial charge in [-0.25, -0.2) is 4.39 Å².